The molecule has 2 saturated heterocycles. The number of fused-ring (bicyclic) bond motifs is 2. The van der Waals surface area contributed by atoms with E-state index in [9.17, 15) is 4.79 Å². The number of nitrogens with zero attached hydrogens (tertiary/aromatic N) is 1. The first-order valence-electron chi connectivity index (χ1n) is 7.41. The summed E-state index contributed by atoms with van der Waals surface area (Å²) in [5, 5.41) is 0. The van der Waals surface area contributed by atoms with Crippen LogP contribution in [0.25, 0.3) is 0 Å². The SMILES string of the molecule is Cc1ccc(C#CCN)cc1C(=O)N1CC2CCC(C1)O2. The quantitative estimate of drug-likeness (QED) is 0.791. The molecule has 0 saturated carbocycles. The number of carbonyl (C=O) groups excluding carboxylic acids is 1. The van der Waals surface area contributed by atoms with Crippen LogP contribution in [0, 0.1) is 18.8 Å². The van der Waals surface area contributed by atoms with Gasteiger partial charge >= 0.3 is 0 Å². The molecule has 2 aliphatic heterocycles. The maximum absolute atomic E-state index is 12.8. The summed E-state index contributed by atoms with van der Waals surface area (Å²) in [6.07, 6.45) is 2.56. The minimum absolute atomic E-state index is 0.0871. The molecule has 4 nitrogen and oxygen atoms in total. The molecule has 0 spiro atoms. The van der Waals surface area contributed by atoms with Crippen LogP contribution in [-0.4, -0.2) is 42.6 Å². The van der Waals surface area contributed by atoms with E-state index in [1.807, 2.05) is 30.0 Å². The normalized spacial score (nSPS) is 23.6. The molecule has 2 atom stereocenters. The molecular formula is C17H20N2O2. The van der Waals surface area contributed by atoms with Gasteiger partial charge in [0.2, 0.25) is 0 Å². The van der Waals surface area contributed by atoms with Gasteiger partial charge in [-0.2, -0.15) is 0 Å². The molecule has 0 radical (unpaired) electrons. The Hall–Kier alpha value is -1.83. The molecule has 110 valence electrons. The molecule has 21 heavy (non-hydrogen) atoms. The lowest BCUT2D eigenvalue weighted by molar-refractivity contribution is -0.0303. The van der Waals surface area contributed by atoms with Gasteiger partial charge in [0.25, 0.3) is 5.91 Å². The minimum Gasteiger partial charge on any atom is -0.371 e. The molecule has 2 heterocycles. The number of carbonyl (C=O) groups is 1. The molecule has 1 aromatic rings. The summed E-state index contributed by atoms with van der Waals surface area (Å²) in [7, 11) is 0. The second-order valence-corrected chi connectivity index (χ2v) is 5.70. The van der Waals surface area contributed by atoms with Crippen LogP contribution in [0.4, 0.5) is 0 Å². The number of rotatable bonds is 1. The summed E-state index contributed by atoms with van der Waals surface area (Å²) >= 11 is 0. The predicted molar refractivity (Wildman–Crippen MR) is 80.9 cm³/mol. The fourth-order valence-electron chi connectivity index (χ4n) is 3.03. The molecule has 0 aliphatic carbocycles. The lowest BCUT2D eigenvalue weighted by Crippen LogP contribution is -2.46. The Morgan fingerprint density at radius 2 is 2.10 bits per heavy atom. The summed E-state index contributed by atoms with van der Waals surface area (Å²) in [5.41, 5.74) is 7.95. The maximum Gasteiger partial charge on any atom is 0.254 e. The fourth-order valence-corrected chi connectivity index (χ4v) is 3.03. The van der Waals surface area contributed by atoms with E-state index < -0.39 is 0 Å². The van der Waals surface area contributed by atoms with E-state index in [0.717, 1.165) is 29.5 Å². The van der Waals surface area contributed by atoms with Crippen LogP contribution >= 0.6 is 0 Å². The van der Waals surface area contributed by atoms with Crippen LogP contribution in [0.15, 0.2) is 18.2 Å². The molecule has 2 N–H and O–H groups in total. The Kier molecular flexibility index (Phi) is 3.96. The van der Waals surface area contributed by atoms with Gasteiger partial charge in [0.15, 0.2) is 0 Å². The van der Waals surface area contributed by atoms with Gasteiger partial charge < -0.3 is 15.4 Å². The van der Waals surface area contributed by atoms with Gasteiger partial charge in [0.05, 0.1) is 18.8 Å². The van der Waals surface area contributed by atoms with Crippen molar-refractivity contribution in [2.45, 2.75) is 32.0 Å². The number of likely N-dealkylation sites (tertiary alicyclic amines) is 1. The average molecular weight is 284 g/mol. The Morgan fingerprint density at radius 1 is 1.38 bits per heavy atom. The first-order valence-corrected chi connectivity index (χ1v) is 7.41. The number of nitrogens with two attached hydrogens (primary N) is 1. The smallest absolute Gasteiger partial charge is 0.254 e. The molecule has 1 aromatic carbocycles. The molecule has 2 aliphatic rings. The zero-order chi connectivity index (χ0) is 14.8. The number of hydrogen-bond acceptors (Lipinski definition) is 3. The molecule has 3 rings (SSSR count). The summed E-state index contributed by atoms with van der Waals surface area (Å²) in [4.78, 5) is 14.7. The number of benzene rings is 1. The largest absolute Gasteiger partial charge is 0.371 e. The molecule has 2 unspecified atom stereocenters. The van der Waals surface area contributed by atoms with E-state index in [2.05, 4.69) is 11.8 Å². The van der Waals surface area contributed by atoms with Crippen LogP contribution in [-0.2, 0) is 4.74 Å². The van der Waals surface area contributed by atoms with Crippen LogP contribution in [0.3, 0.4) is 0 Å². The van der Waals surface area contributed by atoms with E-state index in [1.165, 1.54) is 0 Å². The topological polar surface area (TPSA) is 55.6 Å². The zero-order valence-corrected chi connectivity index (χ0v) is 12.3. The maximum atomic E-state index is 12.8. The highest BCUT2D eigenvalue weighted by molar-refractivity contribution is 5.96. The van der Waals surface area contributed by atoms with Gasteiger partial charge in [0, 0.05) is 24.2 Å². The second-order valence-electron chi connectivity index (χ2n) is 5.70. The van der Waals surface area contributed by atoms with E-state index in [1.54, 1.807) is 0 Å². The summed E-state index contributed by atoms with van der Waals surface area (Å²) in [5.74, 6) is 5.90. The fraction of sp³-hybridized carbons (Fsp3) is 0.471. The Morgan fingerprint density at radius 3 is 2.76 bits per heavy atom. The van der Waals surface area contributed by atoms with Crippen molar-refractivity contribution in [1.29, 1.82) is 0 Å². The third-order valence-corrected chi connectivity index (χ3v) is 4.13. The van der Waals surface area contributed by atoms with Gasteiger partial charge in [0.1, 0.15) is 0 Å². The van der Waals surface area contributed by atoms with Crippen LogP contribution in [0.5, 0.6) is 0 Å². The van der Waals surface area contributed by atoms with Gasteiger partial charge in [-0.1, -0.05) is 17.9 Å². The summed E-state index contributed by atoms with van der Waals surface area (Å²) < 4.78 is 5.79. The Bertz CT molecular complexity index is 603. The highest BCUT2D eigenvalue weighted by Gasteiger charge is 2.36. The van der Waals surface area contributed by atoms with Gasteiger partial charge in [-0.15, -0.1) is 0 Å². The third-order valence-electron chi connectivity index (χ3n) is 4.13. The highest BCUT2D eigenvalue weighted by atomic mass is 16.5. The summed E-state index contributed by atoms with van der Waals surface area (Å²) in [6, 6.07) is 5.75. The number of morpholine rings is 1. The van der Waals surface area contributed by atoms with Crippen molar-refractivity contribution in [2.75, 3.05) is 19.6 Å². The van der Waals surface area contributed by atoms with Gasteiger partial charge in [-0.05, 0) is 37.5 Å². The van der Waals surface area contributed by atoms with Crippen molar-refractivity contribution in [1.82, 2.24) is 4.90 Å². The zero-order valence-electron chi connectivity index (χ0n) is 12.3. The third kappa shape index (κ3) is 2.94. The van der Waals surface area contributed by atoms with Crippen LogP contribution in [0.1, 0.15) is 34.3 Å². The molecule has 0 aromatic heterocycles. The number of ether oxygens (including phenoxy) is 1. The van der Waals surface area contributed by atoms with Crippen molar-refractivity contribution in [3.05, 3.63) is 34.9 Å². The van der Waals surface area contributed by atoms with E-state index >= 15 is 0 Å². The lowest BCUT2D eigenvalue weighted by atomic mass is 10.0. The Balaban J connectivity index is 1.83. The minimum atomic E-state index is 0.0871. The molecular weight excluding hydrogens is 264 g/mol. The van der Waals surface area contributed by atoms with E-state index in [-0.39, 0.29) is 18.1 Å². The molecule has 2 bridgehead atoms. The van der Waals surface area contributed by atoms with Crippen molar-refractivity contribution in [3.8, 4) is 11.8 Å². The first-order chi connectivity index (χ1) is 10.2. The second kappa shape index (κ2) is 5.88. The van der Waals surface area contributed by atoms with Crippen LogP contribution < -0.4 is 5.73 Å². The van der Waals surface area contributed by atoms with Crippen molar-refractivity contribution in [2.24, 2.45) is 5.73 Å². The molecule has 1 amide bonds. The van der Waals surface area contributed by atoms with Gasteiger partial charge in [-0.3, -0.25) is 4.79 Å². The van der Waals surface area contributed by atoms with Crippen LogP contribution in [0.2, 0.25) is 0 Å². The average Bonchev–Trinajstić information content (AvgIpc) is 2.84. The highest BCUT2D eigenvalue weighted by Crippen LogP contribution is 2.27. The molecule has 4 heteroatoms. The number of aryl methyl sites for hydroxylation is 1. The summed E-state index contributed by atoms with van der Waals surface area (Å²) in [6.45, 7) is 3.69. The van der Waals surface area contributed by atoms with E-state index in [4.69, 9.17) is 10.5 Å². The predicted octanol–water partition coefficient (Wildman–Crippen LogP) is 1.31. The number of hydrogen-bond donors (Lipinski definition) is 1. The standard InChI is InChI=1S/C17H20N2O2/c1-12-4-5-13(3-2-8-18)9-16(12)17(20)19-10-14-6-7-15(11-19)21-14/h4-5,9,14-15H,6-8,10-11,18H2,1H3. The van der Waals surface area contributed by atoms with E-state index in [0.29, 0.717) is 19.6 Å². The molecule has 2 fully saturated rings. The lowest BCUT2D eigenvalue weighted by Gasteiger charge is -2.32. The van der Waals surface area contributed by atoms with Crippen molar-refractivity contribution >= 4 is 5.91 Å². The first kappa shape index (κ1) is 14.1. The monoisotopic (exact) mass is 284 g/mol. The van der Waals surface area contributed by atoms with Crippen molar-refractivity contribution < 1.29 is 9.53 Å². The Labute approximate surface area is 125 Å². The van der Waals surface area contributed by atoms with Gasteiger partial charge in [-0.25, -0.2) is 0 Å². The number of amides is 1. The van der Waals surface area contributed by atoms with Crippen molar-refractivity contribution in [3.63, 3.8) is 0 Å².